The highest BCUT2D eigenvalue weighted by Crippen LogP contribution is 2.28. The number of halogens is 2. The molecule has 0 atom stereocenters. The van der Waals surface area contributed by atoms with E-state index < -0.39 is 15.9 Å². The van der Waals surface area contributed by atoms with Gasteiger partial charge in [0.1, 0.15) is 10.6 Å². The smallest absolute Gasteiger partial charge is 0.255 e. The lowest BCUT2D eigenvalue weighted by atomic mass is 10.2. The molecule has 0 unspecified atom stereocenters. The van der Waals surface area contributed by atoms with Crippen LogP contribution in [0.25, 0.3) is 0 Å². The second kappa shape index (κ2) is 7.40. The zero-order valence-corrected chi connectivity index (χ0v) is 15.1. The van der Waals surface area contributed by atoms with Crippen molar-refractivity contribution in [3.05, 3.63) is 52.0 Å². The standard InChI is InChI=1S/C15H14Cl2N2O4S/c1-18-24(21,22)14-7-9(3-6-13(14)23-2)15(20)19-12-5-4-10(16)8-11(12)17/h3-8,18H,1-2H3,(H,19,20). The third-order valence-electron chi connectivity index (χ3n) is 3.16. The summed E-state index contributed by atoms with van der Waals surface area (Å²) in [6, 6.07) is 8.70. The van der Waals surface area contributed by atoms with Crippen molar-refractivity contribution in [3.8, 4) is 5.75 Å². The van der Waals surface area contributed by atoms with Crippen molar-refractivity contribution in [2.45, 2.75) is 4.90 Å². The van der Waals surface area contributed by atoms with Crippen LogP contribution in [0.1, 0.15) is 10.4 Å². The SMILES string of the molecule is CNS(=O)(=O)c1cc(C(=O)Nc2ccc(Cl)cc2Cl)ccc1OC. The van der Waals surface area contributed by atoms with Crippen LogP contribution in [0, 0.1) is 0 Å². The molecular weight excluding hydrogens is 375 g/mol. The maximum absolute atomic E-state index is 12.4. The van der Waals surface area contributed by atoms with Crippen molar-refractivity contribution in [1.29, 1.82) is 0 Å². The first-order chi connectivity index (χ1) is 11.3. The van der Waals surface area contributed by atoms with E-state index in [1.807, 2.05) is 0 Å². The predicted octanol–water partition coefficient (Wildman–Crippen LogP) is 3.16. The first-order valence-electron chi connectivity index (χ1n) is 6.66. The number of nitrogens with one attached hydrogen (secondary N) is 2. The molecule has 24 heavy (non-hydrogen) atoms. The lowest BCUT2D eigenvalue weighted by Crippen LogP contribution is -2.20. The van der Waals surface area contributed by atoms with E-state index in [0.717, 1.165) is 0 Å². The number of sulfonamides is 1. The number of benzene rings is 2. The van der Waals surface area contributed by atoms with Gasteiger partial charge in [-0.2, -0.15) is 0 Å². The summed E-state index contributed by atoms with van der Waals surface area (Å²) in [6.45, 7) is 0. The van der Waals surface area contributed by atoms with Gasteiger partial charge in [0.15, 0.2) is 0 Å². The van der Waals surface area contributed by atoms with Crippen molar-refractivity contribution in [2.75, 3.05) is 19.5 Å². The number of methoxy groups -OCH3 is 1. The van der Waals surface area contributed by atoms with Crippen molar-refractivity contribution in [1.82, 2.24) is 4.72 Å². The van der Waals surface area contributed by atoms with Crippen LogP contribution in [0.3, 0.4) is 0 Å². The highest BCUT2D eigenvalue weighted by Gasteiger charge is 2.20. The third-order valence-corrected chi connectivity index (χ3v) is 5.15. The molecule has 0 radical (unpaired) electrons. The number of carbonyl (C=O) groups excluding carboxylic acids is 1. The average molecular weight is 389 g/mol. The summed E-state index contributed by atoms with van der Waals surface area (Å²) in [6.07, 6.45) is 0. The summed E-state index contributed by atoms with van der Waals surface area (Å²) < 4.78 is 31.3. The van der Waals surface area contributed by atoms with E-state index in [2.05, 4.69) is 10.0 Å². The zero-order chi connectivity index (χ0) is 17.9. The molecule has 2 N–H and O–H groups in total. The molecule has 0 bridgehead atoms. The van der Waals surface area contributed by atoms with Crippen LogP contribution in [-0.2, 0) is 10.0 Å². The lowest BCUT2D eigenvalue weighted by Gasteiger charge is -2.12. The molecule has 0 aromatic heterocycles. The highest BCUT2D eigenvalue weighted by molar-refractivity contribution is 7.89. The average Bonchev–Trinajstić information content (AvgIpc) is 2.56. The monoisotopic (exact) mass is 388 g/mol. The van der Waals surface area contributed by atoms with Gasteiger partial charge in [0.05, 0.1) is 17.8 Å². The zero-order valence-electron chi connectivity index (χ0n) is 12.8. The molecule has 9 heteroatoms. The Bertz CT molecular complexity index is 885. The molecule has 0 saturated carbocycles. The van der Waals surface area contributed by atoms with E-state index in [0.29, 0.717) is 10.7 Å². The Kier molecular flexibility index (Phi) is 5.71. The van der Waals surface area contributed by atoms with E-state index in [-0.39, 0.29) is 21.2 Å². The van der Waals surface area contributed by atoms with Gasteiger partial charge in [0, 0.05) is 10.6 Å². The molecule has 0 aliphatic carbocycles. The van der Waals surface area contributed by atoms with Gasteiger partial charge in [-0.1, -0.05) is 23.2 Å². The van der Waals surface area contributed by atoms with E-state index in [1.165, 1.54) is 38.4 Å². The van der Waals surface area contributed by atoms with Gasteiger partial charge in [-0.15, -0.1) is 0 Å². The van der Waals surface area contributed by atoms with Crippen molar-refractivity contribution >= 4 is 44.8 Å². The molecule has 0 fully saturated rings. The fourth-order valence-electron chi connectivity index (χ4n) is 1.92. The Morgan fingerprint density at radius 1 is 1.12 bits per heavy atom. The molecule has 1 amide bonds. The number of rotatable bonds is 5. The molecule has 128 valence electrons. The number of amides is 1. The minimum atomic E-state index is -3.78. The Hall–Kier alpha value is -1.80. The minimum Gasteiger partial charge on any atom is -0.495 e. The van der Waals surface area contributed by atoms with Crippen LogP contribution in [0.4, 0.5) is 5.69 Å². The van der Waals surface area contributed by atoms with Gasteiger partial charge < -0.3 is 10.1 Å². The van der Waals surface area contributed by atoms with Gasteiger partial charge in [-0.25, -0.2) is 13.1 Å². The molecular formula is C15H14Cl2N2O4S. The second-order valence-electron chi connectivity index (χ2n) is 4.65. The minimum absolute atomic E-state index is 0.130. The molecule has 0 heterocycles. The van der Waals surface area contributed by atoms with Crippen molar-refractivity contribution in [2.24, 2.45) is 0 Å². The highest BCUT2D eigenvalue weighted by atomic mass is 35.5. The summed E-state index contributed by atoms with van der Waals surface area (Å²) in [5.74, 6) is -0.389. The normalized spacial score (nSPS) is 11.2. The first-order valence-corrected chi connectivity index (χ1v) is 8.90. The van der Waals surface area contributed by atoms with Crippen LogP contribution in [0.2, 0.25) is 10.0 Å². The number of anilines is 1. The van der Waals surface area contributed by atoms with Crippen LogP contribution >= 0.6 is 23.2 Å². The summed E-state index contributed by atoms with van der Waals surface area (Å²) in [4.78, 5) is 12.2. The maximum Gasteiger partial charge on any atom is 0.255 e. The van der Waals surface area contributed by atoms with Crippen molar-refractivity contribution in [3.63, 3.8) is 0 Å². The molecule has 0 spiro atoms. The van der Waals surface area contributed by atoms with Gasteiger partial charge in [0.25, 0.3) is 5.91 Å². The van der Waals surface area contributed by atoms with Crippen LogP contribution in [0.5, 0.6) is 5.75 Å². The molecule has 6 nitrogen and oxygen atoms in total. The molecule has 2 aromatic rings. The summed E-state index contributed by atoms with van der Waals surface area (Å²) in [7, 11) is -1.16. The van der Waals surface area contributed by atoms with Crippen LogP contribution in [0.15, 0.2) is 41.3 Å². The van der Waals surface area contributed by atoms with Crippen LogP contribution in [-0.4, -0.2) is 28.5 Å². The molecule has 2 rings (SSSR count). The number of carbonyl (C=O) groups is 1. The van der Waals surface area contributed by atoms with Gasteiger partial charge >= 0.3 is 0 Å². The van der Waals surface area contributed by atoms with Crippen molar-refractivity contribution < 1.29 is 17.9 Å². The van der Waals surface area contributed by atoms with E-state index in [1.54, 1.807) is 12.1 Å². The van der Waals surface area contributed by atoms with Gasteiger partial charge in [-0.3, -0.25) is 4.79 Å². The number of hydrogen-bond donors (Lipinski definition) is 2. The Balaban J connectivity index is 2.38. The maximum atomic E-state index is 12.4. The van der Waals surface area contributed by atoms with E-state index in [4.69, 9.17) is 27.9 Å². The number of hydrogen-bond acceptors (Lipinski definition) is 4. The number of ether oxygens (including phenoxy) is 1. The largest absolute Gasteiger partial charge is 0.495 e. The molecule has 0 aliphatic rings. The molecule has 0 aliphatic heterocycles. The topological polar surface area (TPSA) is 84.5 Å². The summed E-state index contributed by atoms with van der Waals surface area (Å²) >= 11 is 11.8. The fourth-order valence-corrected chi connectivity index (χ4v) is 3.30. The summed E-state index contributed by atoms with van der Waals surface area (Å²) in [5, 5.41) is 3.31. The second-order valence-corrected chi connectivity index (χ2v) is 7.35. The lowest BCUT2D eigenvalue weighted by molar-refractivity contribution is 0.102. The molecule has 0 saturated heterocycles. The predicted molar refractivity (Wildman–Crippen MR) is 93.7 cm³/mol. The Morgan fingerprint density at radius 2 is 1.83 bits per heavy atom. The van der Waals surface area contributed by atoms with Gasteiger partial charge in [0.2, 0.25) is 10.0 Å². The third kappa shape index (κ3) is 3.99. The van der Waals surface area contributed by atoms with Crippen LogP contribution < -0.4 is 14.8 Å². The summed E-state index contributed by atoms with van der Waals surface area (Å²) in [5.41, 5.74) is 0.496. The first kappa shape index (κ1) is 18.5. The Morgan fingerprint density at radius 3 is 2.42 bits per heavy atom. The Labute approximate surface area is 149 Å². The van der Waals surface area contributed by atoms with E-state index in [9.17, 15) is 13.2 Å². The van der Waals surface area contributed by atoms with E-state index >= 15 is 0 Å². The quantitative estimate of drug-likeness (QED) is 0.823. The molecule has 2 aromatic carbocycles. The van der Waals surface area contributed by atoms with Gasteiger partial charge in [-0.05, 0) is 43.4 Å². The fraction of sp³-hybridized carbons (Fsp3) is 0.133.